The maximum Gasteiger partial charge on any atom is 0.307 e. The predicted octanol–water partition coefficient (Wildman–Crippen LogP) is 1.79. The lowest BCUT2D eigenvalue weighted by atomic mass is 10.2. The van der Waals surface area contributed by atoms with E-state index in [1.165, 1.54) is 6.20 Å². The third-order valence-corrected chi connectivity index (χ3v) is 4.88. The Morgan fingerprint density at radius 1 is 1.33 bits per heavy atom. The molecule has 0 spiro atoms. The molecule has 0 fully saturated rings. The SMILES string of the molecule is Cc1nc(S(=O)(=O)NCCC(=O)OCc2ccc(Cl)cc2)cn1C. The van der Waals surface area contributed by atoms with Crippen LogP contribution in [-0.4, -0.2) is 30.5 Å². The summed E-state index contributed by atoms with van der Waals surface area (Å²) < 4.78 is 33.1. The zero-order chi connectivity index (χ0) is 17.7. The van der Waals surface area contributed by atoms with Gasteiger partial charge in [-0.1, -0.05) is 23.7 Å². The van der Waals surface area contributed by atoms with E-state index < -0.39 is 16.0 Å². The van der Waals surface area contributed by atoms with Gasteiger partial charge in [0, 0.05) is 24.8 Å². The number of hydrogen-bond donors (Lipinski definition) is 1. The lowest BCUT2D eigenvalue weighted by Crippen LogP contribution is -2.27. The summed E-state index contributed by atoms with van der Waals surface area (Å²) in [6, 6.07) is 6.91. The summed E-state index contributed by atoms with van der Waals surface area (Å²) in [4.78, 5) is 15.6. The van der Waals surface area contributed by atoms with Gasteiger partial charge in [-0.25, -0.2) is 18.1 Å². The Kier molecular flexibility index (Phi) is 5.98. The zero-order valence-electron chi connectivity index (χ0n) is 13.3. The lowest BCUT2D eigenvalue weighted by Gasteiger charge is -2.06. The number of carbonyl (C=O) groups excluding carboxylic acids is 1. The number of halogens is 1. The molecule has 2 rings (SSSR count). The van der Waals surface area contributed by atoms with Gasteiger partial charge in [-0.3, -0.25) is 4.79 Å². The molecule has 0 aliphatic carbocycles. The van der Waals surface area contributed by atoms with Crippen molar-refractivity contribution in [2.24, 2.45) is 7.05 Å². The lowest BCUT2D eigenvalue weighted by molar-refractivity contribution is -0.144. The van der Waals surface area contributed by atoms with Crippen LogP contribution in [0, 0.1) is 6.92 Å². The molecule has 0 saturated carbocycles. The Morgan fingerprint density at radius 2 is 2.00 bits per heavy atom. The Labute approximate surface area is 145 Å². The highest BCUT2D eigenvalue weighted by Gasteiger charge is 2.18. The maximum absolute atomic E-state index is 12.0. The molecule has 2 aromatic rings. The van der Waals surface area contributed by atoms with Crippen LogP contribution in [0.25, 0.3) is 0 Å². The van der Waals surface area contributed by atoms with E-state index in [9.17, 15) is 13.2 Å². The molecule has 0 bridgehead atoms. The van der Waals surface area contributed by atoms with Crippen molar-refractivity contribution in [2.45, 2.75) is 25.0 Å². The van der Waals surface area contributed by atoms with Crippen molar-refractivity contribution < 1.29 is 17.9 Å². The van der Waals surface area contributed by atoms with E-state index >= 15 is 0 Å². The van der Waals surface area contributed by atoms with Crippen LogP contribution in [0.2, 0.25) is 5.02 Å². The first kappa shape index (κ1) is 18.4. The van der Waals surface area contributed by atoms with Crippen molar-refractivity contribution in [2.75, 3.05) is 6.54 Å². The summed E-state index contributed by atoms with van der Waals surface area (Å²) in [7, 11) is -2.03. The Bertz CT molecular complexity index is 796. The molecule has 0 aliphatic rings. The van der Waals surface area contributed by atoms with E-state index in [4.69, 9.17) is 16.3 Å². The third-order valence-electron chi connectivity index (χ3n) is 3.30. The second-order valence-corrected chi connectivity index (χ2v) is 7.32. The van der Waals surface area contributed by atoms with Gasteiger partial charge >= 0.3 is 5.97 Å². The molecule has 24 heavy (non-hydrogen) atoms. The largest absolute Gasteiger partial charge is 0.461 e. The number of aryl methyl sites for hydroxylation is 2. The molecule has 1 aromatic carbocycles. The van der Waals surface area contributed by atoms with E-state index in [1.54, 1.807) is 42.8 Å². The average molecular weight is 372 g/mol. The van der Waals surface area contributed by atoms with E-state index in [1.807, 2.05) is 0 Å². The van der Waals surface area contributed by atoms with E-state index in [0.717, 1.165) is 5.56 Å². The Hall–Kier alpha value is -1.90. The van der Waals surface area contributed by atoms with Gasteiger partial charge in [0.05, 0.1) is 6.42 Å². The molecule has 0 amide bonds. The van der Waals surface area contributed by atoms with Gasteiger partial charge in [-0.05, 0) is 24.6 Å². The maximum atomic E-state index is 12.0. The molecular formula is C15H18ClN3O4S. The van der Waals surface area contributed by atoms with Gasteiger partial charge in [0.1, 0.15) is 12.4 Å². The highest BCUT2D eigenvalue weighted by Crippen LogP contribution is 2.11. The van der Waals surface area contributed by atoms with Crippen LogP contribution in [0.5, 0.6) is 0 Å². The minimum Gasteiger partial charge on any atom is -0.461 e. The topological polar surface area (TPSA) is 90.3 Å². The summed E-state index contributed by atoms with van der Waals surface area (Å²) in [5, 5.41) is 0.529. The van der Waals surface area contributed by atoms with Gasteiger partial charge in [0.2, 0.25) is 0 Å². The predicted molar refractivity (Wildman–Crippen MR) is 89.0 cm³/mol. The molecule has 0 atom stereocenters. The summed E-state index contributed by atoms with van der Waals surface area (Å²) >= 11 is 5.77. The molecule has 0 saturated heterocycles. The van der Waals surface area contributed by atoms with Gasteiger partial charge in [-0.15, -0.1) is 0 Å². The highest BCUT2D eigenvalue weighted by atomic mass is 35.5. The number of hydrogen-bond acceptors (Lipinski definition) is 5. The number of aromatic nitrogens is 2. The second-order valence-electron chi connectivity index (χ2n) is 5.17. The minimum atomic E-state index is -3.73. The number of nitrogens with one attached hydrogen (secondary N) is 1. The van der Waals surface area contributed by atoms with Crippen molar-refractivity contribution in [3.05, 3.63) is 46.9 Å². The van der Waals surface area contributed by atoms with Crippen molar-refractivity contribution in [1.82, 2.24) is 14.3 Å². The fourth-order valence-electron chi connectivity index (χ4n) is 1.83. The quantitative estimate of drug-likeness (QED) is 0.749. The Balaban J connectivity index is 1.78. The first-order chi connectivity index (χ1) is 11.3. The van der Waals surface area contributed by atoms with Crippen LogP contribution in [0.15, 0.2) is 35.5 Å². The molecule has 0 aliphatic heterocycles. The molecule has 130 valence electrons. The summed E-state index contributed by atoms with van der Waals surface area (Å²) in [5.74, 6) is 0.0857. The van der Waals surface area contributed by atoms with Gasteiger partial charge < -0.3 is 9.30 Å². The second kappa shape index (κ2) is 7.78. The van der Waals surface area contributed by atoms with Gasteiger partial charge in [-0.2, -0.15) is 0 Å². The smallest absolute Gasteiger partial charge is 0.307 e. The number of benzene rings is 1. The standard InChI is InChI=1S/C15H18ClN3O4S/c1-11-18-14(9-19(11)2)24(21,22)17-8-7-15(20)23-10-12-3-5-13(16)6-4-12/h3-6,9,17H,7-8,10H2,1-2H3. The van der Waals surface area contributed by atoms with Gasteiger partial charge in [0.15, 0.2) is 5.03 Å². The van der Waals surface area contributed by atoms with Gasteiger partial charge in [0.25, 0.3) is 10.0 Å². The van der Waals surface area contributed by atoms with Crippen LogP contribution < -0.4 is 4.72 Å². The molecule has 0 unspecified atom stereocenters. The molecule has 1 N–H and O–H groups in total. The molecule has 0 radical (unpaired) electrons. The van der Waals surface area contributed by atoms with Crippen molar-refractivity contribution in [1.29, 1.82) is 0 Å². The third kappa shape index (κ3) is 5.05. The van der Waals surface area contributed by atoms with E-state index in [2.05, 4.69) is 9.71 Å². The zero-order valence-corrected chi connectivity index (χ0v) is 14.9. The first-order valence-electron chi connectivity index (χ1n) is 7.17. The fraction of sp³-hybridized carbons (Fsp3) is 0.333. The van der Waals surface area contributed by atoms with Crippen LogP contribution in [0.1, 0.15) is 17.8 Å². The minimum absolute atomic E-state index is 0.0581. The number of nitrogens with zero attached hydrogens (tertiary/aromatic N) is 2. The average Bonchev–Trinajstić information content (AvgIpc) is 2.87. The monoisotopic (exact) mass is 371 g/mol. The highest BCUT2D eigenvalue weighted by molar-refractivity contribution is 7.89. The van der Waals surface area contributed by atoms with Crippen LogP contribution in [0.3, 0.4) is 0 Å². The summed E-state index contributed by atoms with van der Waals surface area (Å²) in [6.07, 6.45) is 1.34. The first-order valence-corrected chi connectivity index (χ1v) is 9.04. The molecule has 9 heteroatoms. The fourth-order valence-corrected chi connectivity index (χ4v) is 3.03. The molecule has 7 nitrogen and oxygen atoms in total. The molecule has 1 heterocycles. The van der Waals surface area contributed by atoms with E-state index in [-0.39, 0.29) is 24.6 Å². The van der Waals surface area contributed by atoms with Crippen molar-refractivity contribution in [3.8, 4) is 0 Å². The van der Waals surface area contributed by atoms with E-state index in [0.29, 0.717) is 10.8 Å². The number of rotatable bonds is 7. The normalized spacial score (nSPS) is 11.5. The van der Waals surface area contributed by atoms with Crippen LogP contribution in [-0.2, 0) is 33.2 Å². The summed E-state index contributed by atoms with van der Waals surface area (Å²) in [5.41, 5.74) is 0.803. The summed E-state index contributed by atoms with van der Waals surface area (Å²) in [6.45, 7) is 1.76. The van der Waals surface area contributed by atoms with Crippen molar-refractivity contribution >= 4 is 27.6 Å². The number of sulfonamides is 1. The number of ether oxygens (including phenoxy) is 1. The number of imidazole rings is 1. The van der Waals surface area contributed by atoms with Crippen LogP contribution >= 0.6 is 11.6 Å². The number of esters is 1. The number of carbonyl (C=O) groups is 1. The Morgan fingerprint density at radius 3 is 2.58 bits per heavy atom. The van der Waals surface area contributed by atoms with Crippen LogP contribution in [0.4, 0.5) is 0 Å². The molecule has 1 aromatic heterocycles. The molecular weight excluding hydrogens is 354 g/mol. The van der Waals surface area contributed by atoms with Crippen molar-refractivity contribution in [3.63, 3.8) is 0 Å².